The molecule has 1 saturated heterocycles. The zero-order valence-corrected chi connectivity index (χ0v) is 20.2. The second-order valence-corrected chi connectivity index (χ2v) is 15.1. The number of anilines is 1. The molecule has 2 aromatic heterocycles. The third-order valence-electron chi connectivity index (χ3n) is 6.89. The number of nitrogens with two attached hydrogens (primary N) is 1. The Bertz CT molecular complexity index is 1230. The number of aromatic nitrogens is 4. The molecule has 1 aliphatic rings. The Morgan fingerprint density at radius 3 is 2.72 bits per heavy atom. The van der Waals surface area contributed by atoms with Gasteiger partial charge >= 0.3 is 0 Å². The summed E-state index contributed by atoms with van der Waals surface area (Å²) in [5.41, 5.74) is 4.33. The molecule has 0 bridgehead atoms. The number of nitrogen functional groups attached to an aromatic ring is 1. The standard InChI is InChI=1S/C21H31N5O5Si/c1-20(2,3)32(5,6)30-10-13-16(27)21(4,29)19(31-13)26-9-11-7-8-12-14(11)15(25-26)17(22)23-24-18(12)28/h7-9,13,16,19,27,29H,10H2,1-6H3,(H2,22,23)(H,24,28)/t13-,16-,19-,21-/m1/s1. The van der Waals surface area contributed by atoms with Crippen LogP contribution in [0.25, 0.3) is 21.7 Å². The molecule has 3 aromatic rings. The summed E-state index contributed by atoms with van der Waals surface area (Å²) in [5, 5.41) is 34.5. The molecule has 3 heterocycles. The van der Waals surface area contributed by atoms with Crippen molar-refractivity contribution in [2.75, 3.05) is 12.3 Å². The summed E-state index contributed by atoms with van der Waals surface area (Å²) in [6, 6.07) is 3.44. The average Bonchev–Trinajstić information content (AvgIpc) is 3.18. The second-order valence-electron chi connectivity index (χ2n) is 10.2. The van der Waals surface area contributed by atoms with Gasteiger partial charge in [-0.3, -0.25) is 4.79 Å². The maximum Gasteiger partial charge on any atom is 0.272 e. The van der Waals surface area contributed by atoms with E-state index in [0.717, 1.165) is 0 Å². The van der Waals surface area contributed by atoms with E-state index in [1.165, 1.54) is 11.6 Å². The number of aliphatic hydroxyl groups is 2. The first-order valence-electron chi connectivity index (χ1n) is 10.6. The lowest BCUT2D eigenvalue weighted by atomic mass is 9.97. The molecule has 4 atom stereocenters. The fourth-order valence-electron chi connectivity index (χ4n) is 3.78. The zero-order valence-electron chi connectivity index (χ0n) is 19.2. The normalized spacial score (nSPS) is 26.9. The largest absolute Gasteiger partial charge is 0.414 e. The third kappa shape index (κ3) is 3.53. The fourth-order valence-corrected chi connectivity index (χ4v) is 4.80. The Labute approximate surface area is 186 Å². The third-order valence-corrected chi connectivity index (χ3v) is 11.4. The molecule has 0 aliphatic carbocycles. The van der Waals surface area contributed by atoms with Crippen LogP contribution in [0.4, 0.5) is 5.82 Å². The Morgan fingerprint density at radius 2 is 2.06 bits per heavy atom. The first kappa shape index (κ1) is 22.9. The van der Waals surface area contributed by atoms with E-state index in [2.05, 4.69) is 49.2 Å². The SMILES string of the molecule is CC(C)(C)[Si](C)(C)OC[C@H]1O[C@@H](n2cc3ccc4c(=O)[nH]nc(N)c(n2)c34)[C@](C)(O)[C@@H]1O. The number of nitrogens with zero attached hydrogens (tertiary/aromatic N) is 3. The van der Waals surface area contributed by atoms with Crippen molar-refractivity contribution in [2.24, 2.45) is 0 Å². The van der Waals surface area contributed by atoms with Crippen molar-refractivity contribution in [1.82, 2.24) is 20.0 Å². The van der Waals surface area contributed by atoms with Crippen LogP contribution in [0, 0.1) is 0 Å². The Kier molecular flexibility index (Phi) is 5.25. The van der Waals surface area contributed by atoms with Crippen molar-refractivity contribution >= 4 is 35.8 Å². The summed E-state index contributed by atoms with van der Waals surface area (Å²) >= 11 is 0. The molecule has 0 amide bonds. The van der Waals surface area contributed by atoms with Gasteiger partial charge in [0.05, 0.1) is 12.0 Å². The van der Waals surface area contributed by atoms with Gasteiger partial charge < -0.3 is 25.1 Å². The summed E-state index contributed by atoms with van der Waals surface area (Å²) in [5.74, 6) is 0.0404. The van der Waals surface area contributed by atoms with Crippen molar-refractivity contribution in [3.63, 3.8) is 0 Å². The minimum Gasteiger partial charge on any atom is -0.414 e. The van der Waals surface area contributed by atoms with Gasteiger partial charge in [0.15, 0.2) is 20.4 Å². The van der Waals surface area contributed by atoms with E-state index in [0.29, 0.717) is 21.7 Å². The number of nitrogens with one attached hydrogen (secondary N) is 1. The van der Waals surface area contributed by atoms with Gasteiger partial charge in [0, 0.05) is 17.0 Å². The highest BCUT2D eigenvalue weighted by molar-refractivity contribution is 6.74. The molecule has 11 heteroatoms. The number of hydrogen-bond acceptors (Lipinski definition) is 8. The predicted molar refractivity (Wildman–Crippen MR) is 124 cm³/mol. The van der Waals surface area contributed by atoms with Crippen LogP contribution >= 0.6 is 0 Å². The van der Waals surface area contributed by atoms with Crippen LogP contribution in [0.15, 0.2) is 23.1 Å². The van der Waals surface area contributed by atoms with Crippen LogP contribution in [0.3, 0.4) is 0 Å². The molecule has 0 unspecified atom stereocenters. The summed E-state index contributed by atoms with van der Waals surface area (Å²) in [6.45, 7) is 12.3. The maximum atomic E-state index is 12.2. The van der Waals surface area contributed by atoms with Gasteiger partial charge in [-0.25, -0.2) is 9.78 Å². The highest BCUT2D eigenvalue weighted by Gasteiger charge is 2.54. The molecule has 4 rings (SSSR count). The van der Waals surface area contributed by atoms with Gasteiger partial charge in [-0.15, -0.1) is 0 Å². The van der Waals surface area contributed by atoms with Crippen molar-refractivity contribution in [1.29, 1.82) is 0 Å². The molecule has 1 aromatic carbocycles. The summed E-state index contributed by atoms with van der Waals surface area (Å²) in [4.78, 5) is 12.2. The van der Waals surface area contributed by atoms with E-state index in [1.54, 1.807) is 18.3 Å². The molecule has 1 fully saturated rings. The number of aromatic amines is 1. The zero-order chi connectivity index (χ0) is 23.6. The van der Waals surface area contributed by atoms with Crippen molar-refractivity contribution < 1.29 is 19.4 Å². The molecule has 0 spiro atoms. The molecular formula is C21H31N5O5Si. The van der Waals surface area contributed by atoms with Crippen LogP contribution in [-0.4, -0.2) is 62.9 Å². The van der Waals surface area contributed by atoms with Crippen LogP contribution in [0.2, 0.25) is 18.1 Å². The van der Waals surface area contributed by atoms with Crippen LogP contribution < -0.4 is 11.3 Å². The van der Waals surface area contributed by atoms with Crippen molar-refractivity contribution in [2.45, 2.75) is 69.9 Å². The molecule has 0 radical (unpaired) electrons. The van der Waals surface area contributed by atoms with E-state index in [4.69, 9.17) is 14.9 Å². The molecule has 5 N–H and O–H groups in total. The molecule has 0 saturated carbocycles. The number of ether oxygens (including phenoxy) is 1. The van der Waals surface area contributed by atoms with Gasteiger partial charge in [0.25, 0.3) is 5.56 Å². The van der Waals surface area contributed by atoms with Gasteiger partial charge in [-0.1, -0.05) is 26.8 Å². The predicted octanol–water partition coefficient (Wildman–Crippen LogP) is 1.89. The summed E-state index contributed by atoms with van der Waals surface area (Å²) in [7, 11) is -2.08. The topological polar surface area (TPSA) is 149 Å². The van der Waals surface area contributed by atoms with E-state index in [1.807, 2.05) is 0 Å². The Hall–Kier alpha value is -2.31. The van der Waals surface area contributed by atoms with Crippen LogP contribution in [-0.2, 0) is 9.16 Å². The first-order valence-corrected chi connectivity index (χ1v) is 13.5. The van der Waals surface area contributed by atoms with E-state index >= 15 is 0 Å². The van der Waals surface area contributed by atoms with Gasteiger partial charge in [0.1, 0.15) is 23.3 Å². The summed E-state index contributed by atoms with van der Waals surface area (Å²) < 4.78 is 13.7. The monoisotopic (exact) mass is 461 g/mol. The highest BCUT2D eigenvalue weighted by atomic mass is 28.4. The lowest BCUT2D eigenvalue weighted by Gasteiger charge is -2.37. The minimum atomic E-state index is -2.08. The number of hydrogen-bond donors (Lipinski definition) is 4. The molecule has 10 nitrogen and oxygen atoms in total. The van der Waals surface area contributed by atoms with Crippen LogP contribution in [0.5, 0.6) is 0 Å². The lowest BCUT2D eigenvalue weighted by Crippen LogP contribution is -2.47. The highest BCUT2D eigenvalue weighted by Crippen LogP contribution is 2.41. The van der Waals surface area contributed by atoms with Gasteiger partial charge in [0.2, 0.25) is 0 Å². The molecule has 1 aliphatic heterocycles. The Morgan fingerprint density at radius 1 is 1.38 bits per heavy atom. The molecule has 174 valence electrons. The fraction of sp³-hybridized carbons (Fsp3) is 0.571. The maximum absolute atomic E-state index is 12.2. The van der Waals surface area contributed by atoms with Crippen molar-refractivity contribution in [3.05, 3.63) is 28.7 Å². The molecule has 32 heavy (non-hydrogen) atoms. The van der Waals surface area contributed by atoms with Gasteiger partial charge in [-0.05, 0) is 31.1 Å². The van der Waals surface area contributed by atoms with Crippen molar-refractivity contribution in [3.8, 4) is 0 Å². The van der Waals surface area contributed by atoms with Crippen LogP contribution in [0.1, 0.15) is 33.9 Å². The minimum absolute atomic E-state index is 0.00118. The second kappa shape index (κ2) is 7.35. The quantitative estimate of drug-likeness (QED) is 0.430. The van der Waals surface area contributed by atoms with E-state index < -0.39 is 32.4 Å². The number of rotatable bonds is 4. The van der Waals surface area contributed by atoms with E-state index in [-0.39, 0.29) is 23.0 Å². The molecular weight excluding hydrogens is 430 g/mol. The number of aliphatic hydroxyl groups excluding tert-OH is 1. The van der Waals surface area contributed by atoms with E-state index in [9.17, 15) is 15.0 Å². The van der Waals surface area contributed by atoms with Gasteiger partial charge in [-0.2, -0.15) is 10.2 Å². The lowest BCUT2D eigenvalue weighted by molar-refractivity contribution is -0.102. The smallest absolute Gasteiger partial charge is 0.272 e. The Balaban J connectivity index is 1.72. The first-order chi connectivity index (χ1) is 14.7. The average molecular weight is 462 g/mol. The summed E-state index contributed by atoms with van der Waals surface area (Å²) in [6.07, 6.45) is -1.26. The number of H-pyrrole nitrogens is 1.